The average molecular weight is 269 g/mol. The molecule has 0 saturated carbocycles. The number of nitrogens with two attached hydrogens (primary N) is 1. The second-order valence-corrected chi connectivity index (χ2v) is 4.65. The molecule has 1 atom stereocenters. The maximum atomic E-state index is 11.9. The van der Waals surface area contributed by atoms with Gasteiger partial charge in [0.05, 0.1) is 5.56 Å². The van der Waals surface area contributed by atoms with Crippen molar-refractivity contribution in [1.29, 1.82) is 0 Å². The van der Waals surface area contributed by atoms with Gasteiger partial charge >= 0.3 is 5.97 Å². The molecule has 2 rings (SSSR count). The molecule has 0 bridgehead atoms. The first-order valence-corrected chi connectivity index (χ1v) is 5.87. The molecule has 2 N–H and O–H groups in total. The number of likely N-dealkylation sites (N-methyl/N-ethyl adjacent to an activating group) is 1. The number of halogens is 1. The Bertz CT molecular complexity index is 484. The van der Waals surface area contributed by atoms with Crippen molar-refractivity contribution < 1.29 is 14.3 Å². The number of carbonyl (C=O) groups is 2. The molecule has 0 radical (unpaired) electrons. The molecule has 5 nitrogen and oxygen atoms in total. The number of rotatable bonds is 2. The zero-order valence-electron chi connectivity index (χ0n) is 9.85. The van der Waals surface area contributed by atoms with Crippen LogP contribution in [0.25, 0.3) is 0 Å². The van der Waals surface area contributed by atoms with E-state index in [0.717, 1.165) is 0 Å². The summed E-state index contributed by atoms with van der Waals surface area (Å²) in [4.78, 5) is 25.0. The van der Waals surface area contributed by atoms with Gasteiger partial charge in [-0.05, 0) is 18.2 Å². The van der Waals surface area contributed by atoms with Gasteiger partial charge in [-0.3, -0.25) is 4.79 Å². The van der Waals surface area contributed by atoms with Crippen molar-refractivity contribution in [2.24, 2.45) is 0 Å². The topological polar surface area (TPSA) is 72.6 Å². The zero-order chi connectivity index (χ0) is 13.3. The lowest BCUT2D eigenvalue weighted by Crippen LogP contribution is -2.29. The fourth-order valence-electron chi connectivity index (χ4n) is 1.83. The zero-order valence-corrected chi connectivity index (χ0v) is 10.6. The molecule has 1 aromatic carbocycles. The summed E-state index contributed by atoms with van der Waals surface area (Å²) in [5.41, 5.74) is 6.22. The van der Waals surface area contributed by atoms with E-state index in [2.05, 4.69) is 0 Å². The molecule has 6 heteroatoms. The van der Waals surface area contributed by atoms with E-state index in [1.165, 1.54) is 23.1 Å². The fraction of sp³-hybridized carbons (Fsp3) is 0.333. The monoisotopic (exact) mass is 268 g/mol. The molecule has 1 aliphatic heterocycles. The highest BCUT2D eigenvalue weighted by molar-refractivity contribution is 6.31. The Morgan fingerprint density at radius 3 is 2.78 bits per heavy atom. The van der Waals surface area contributed by atoms with Crippen molar-refractivity contribution in [2.45, 2.75) is 12.5 Å². The van der Waals surface area contributed by atoms with Crippen LogP contribution in [0.5, 0.6) is 0 Å². The van der Waals surface area contributed by atoms with E-state index in [0.29, 0.717) is 23.7 Å². The Hall–Kier alpha value is -1.75. The summed E-state index contributed by atoms with van der Waals surface area (Å²) in [6.07, 6.45) is -0.195. The molecule has 1 amide bonds. The molecule has 1 fully saturated rings. The number of nitrogen functional groups attached to an aromatic ring is 1. The number of nitrogens with zero attached hydrogens (tertiary/aromatic N) is 1. The average Bonchev–Trinajstić information content (AvgIpc) is 2.59. The second-order valence-electron chi connectivity index (χ2n) is 4.22. The maximum absolute atomic E-state index is 11.9. The van der Waals surface area contributed by atoms with E-state index in [1.807, 2.05) is 0 Å². The predicted molar refractivity (Wildman–Crippen MR) is 67.3 cm³/mol. The van der Waals surface area contributed by atoms with Crippen molar-refractivity contribution in [3.63, 3.8) is 0 Å². The number of esters is 1. The highest BCUT2D eigenvalue weighted by Crippen LogP contribution is 2.19. The van der Waals surface area contributed by atoms with Crippen LogP contribution >= 0.6 is 11.6 Å². The van der Waals surface area contributed by atoms with Gasteiger partial charge in [0, 0.05) is 30.7 Å². The van der Waals surface area contributed by atoms with Gasteiger partial charge in [0.2, 0.25) is 0 Å². The largest absolute Gasteiger partial charge is 0.449 e. The smallest absolute Gasteiger partial charge is 0.339 e. The van der Waals surface area contributed by atoms with Gasteiger partial charge in [-0.1, -0.05) is 11.6 Å². The van der Waals surface area contributed by atoms with E-state index in [4.69, 9.17) is 22.1 Å². The fourth-order valence-corrected chi connectivity index (χ4v) is 2.07. The summed E-state index contributed by atoms with van der Waals surface area (Å²) in [5.74, 6) is -0.767. The second kappa shape index (κ2) is 4.86. The first-order valence-electron chi connectivity index (χ1n) is 5.49. The third-order valence-electron chi connectivity index (χ3n) is 2.78. The summed E-state index contributed by atoms with van der Waals surface area (Å²) in [7, 11) is 1.67. The minimum Gasteiger partial charge on any atom is -0.449 e. The van der Waals surface area contributed by atoms with Crippen LogP contribution in [0.3, 0.4) is 0 Å². The van der Waals surface area contributed by atoms with Crippen molar-refractivity contribution in [2.75, 3.05) is 19.3 Å². The number of benzene rings is 1. The lowest BCUT2D eigenvalue weighted by atomic mass is 10.2. The van der Waals surface area contributed by atoms with Gasteiger partial charge in [0.15, 0.2) is 6.10 Å². The molecule has 96 valence electrons. The maximum Gasteiger partial charge on any atom is 0.339 e. The number of amides is 1. The van der Waals surface area contributed by atoms with E-state index in [-0.39, 0.29) is 11.5 Å². The Morgan fingerprint density at radius 1 is 1.50 bits per heavy atom. The number of carbonyl (C=O) groups excluding carboxylic acids is 2. The summed E-state index contributed by atoms with van der Waals surface area (Å²) < 4.78 is 5.15. The van der Waals surface area contributed by atoms with E-state index < -0.39 is 12.1 Å². The Kier molecular flexibility index (Phi) is 3.43. The van der Waals surface area contributed by atoms with Gasteiger partial charge < -0.3 is 15.4 Å². The van der Waals surface area contributed by atoms with Crippen LogP contribution in [0.1, 0.15) is 16.8 Å². The minimum atomic E-state index is -0.706. The van der Waals surface area contributed by atoms with Gasteiger partial charge in [-0.15, -0.1) is 0 Å². The van der Waals surface area contributed by atoms with Crippen LogP contribution in [-0.4, -0.2) is 36.5 Å². The summed E-state index contributed by atoms with van der Waals surface area (Å²) in [6, 6.07) is 4.47. The lowest BCUT2D eigenvalue weighted by Gasteiger charge is -2.12. The van der Waals surface area contributed by atoms with Crippen molar-refractivity contribution in [1.82, 2.24) is 4.90 Å². The van der Waals surface area contributed by atoms with Crippen LogP contribution in [0.15, 0.2) is 18.2 Å². The normalized spacial score (nSPS) is 19.1. The van der Waals surface area contributed by atoms with E-state index in [1.54, 1.807) is 7.05 Å². The predicted octanol–water partition coefficient (Wildman–Crippen LogP) is 1.31. The minimum absolute atomic E-state index is 0.182. The molecule has 1 heterocycles. The molecule has 0 spiro atoms. The molecule has 1 aliphatic rings. The van der Waals surface area contributed by atoms with E-state index in [9.17, 15) is 9.59 Å². The molecular weight excluding hydrogens is 256 g/mol. The molecule has 0 aliphatic carbocycles. The van der Waals surface area contributed by atoms with Crippen molar-refractivity contribution in [3.05, 3.63) is 28.8 Å². The first-order chi connectivity index (χ1) is 8.47. The highest BCUT2D eigenvalue weighted by Gasteiger charge is 2.32. The lowest BCUT2D eigenvalue weighted by molar-refractivity contribution is -0.133. The van der Waals surface area contributed by atoms with Gasteiger partial charge in [0.25, 0.3) is 5.91 Å². The van der Waals surface area contributed by atoms with Crippen LogP contribution in [0.4, 0.5) is 5.69 Å². The number of ether oxygens (including phenoxy) is 1. The Balaban J connectivity index is 2.10. The SMILES string of the molecule is CN1CCC(OC(=O)c2cc(N)cc(Cl)c2)C1=O. The molecule has 1 aromatic rings. The molecule has 1 saturated heterocycles. The van der Waals surface area contributed by atoms with Crippen molar-refractivity contribution in [3.8, 4) is 0 Å². The molecular formula is C12H13ClN2O3. The number of hydrogen-bond acceptors (Lipinski definition) is 4. The van der Waals surface area contributed by atoms with Crippen molar-refractivity contribution >= 4 is 29.2 Å². The number of hydrogen-bond donors (Lipinski definition) is 1. The highest BCUT2D eigenvalue weighted by atomic mass is 35.5. The van der Waals surface area contributed by atoms with E-state index >= 15 is 0 Å². The summed E-state index contributed by atoms with van der Waals surface area (Å²) >= 11 is 5.80. The number of likely N-dealkylation sites (tertiary alicyclic amines) is 1. The third kappa shape index (κ3) is 2.56. The Labute approximate surface area is 109 Å². The summed E-state index contributed by atoms with van der Waals surface area (Å²) in [5, 5.41) is 0.358. The number of anilines is 1. The van der Waals surface area contributed by atoms with Gasteiger partial charge in [0.1, 0.15) is 0 Å². The standard InChI is InChI=1S/C12H13ClN2O3/c1-15-3-2-10(11(15)16)18-12(17)7-4-8(13)6-9(14)5-7/h4-6,10H,2-3,14H2,1H3. The quantitative estimate of drug-likeness (QED) is 0.648. The van der Waals surface area contributed by atoms with Gasteiger partial charge in [-0.2, -0.15) is 0 Å². The van der Waals surface area contributed by atoms with Crippen LogP contribution in [-0.2, 0) is 9.53 Å². The molecule has 18 heavy (non-hydrogen) atoms. The third-order valence-corrected chi connectivity index (χ3v) is 3.00. The first kappa shape index (κ1) is 12.7. The molecule has 1 unspecified atom stereocenters. The van der Waals surface area contributed by atoms with Gasteiger partial charge in [-0.25, -0.2) is 4.79 Å². The summed E-state index contributed by atoms with van der Waals surface area (Å²) in [6.45, 7) is 0.592. The molecule has 0 aromatic heterocycles. The Morgan fingerprint density at radius 2 is 2.22 bits per heavy atom. The van der Waals surface area contributed by atoms with Crippen LogP contribution in [0, 0.1) is 0 Å². The van der Waals surface area contributed by atoms with Crippen LogP contribution in [0.2, 0.25) is 5.02 Å². The van der Waals surface area contributed by atoms with Crippen LogP contribution < -0.4 is 5.73 Å².